The minimum Gasteiger partial charge on any atom is -0.466 e. The third-order valence-corrected chi connectivity index (χ3v) is 4.64. The fourth-order valence-corrected chi connectivity index (χ4v) is 3.37. The highest BCUT2D eigenvalue weighted by atomic mass is 32.2. The molecule has 132 valence electrons. The van der Waals surface area contributed by atoms with E-state index in [0.717, 1.165) is 18.2 Å². The summed E-state index contributed by atoms with van der Waals surface area (Å²) in [7, 11) is 0. The Morgan fingerprint density at radius 3 is 2.92 bits per heavy atom. The zero-order valence-corrected chi connectivity index (χ0v) is 15.1. The average molecular weight is 380 g/mol. The first-order chi connectivity index (χ1) is 11.9. The van der Waals surface area contributed by atoms with Crippen LogP contribution in [-0.4, -0.2) is 39.2 Å². The topological polar surface area (TPSA) is 89.8 Å². The molecule has 1 aromatic rings. The number of benzene rings is 1. The van der Waals surface area contributed by atoms with Crippen LogP contribution in [0.3, 0.4) is 0 Å². The van der Waals surface area contributed by atoms with E-state index in [-0.39, 0.29) is 30.5 Å². The third kappa shape index (κ3) is 5.10. The number of carbonyl (C=O) groups is 2. The van der Waals surface area contributed by atoms with Gasteiger partial charge in [-0.1, -0.05) is 43.0 Å². The van der Waals surface area contributed by atoms with Crippen LogP contribution < -0.4 is 0 Å². The van der Waals surface area contributed by atoms with Gasteiger partial charge in [0, 0.05) is 18.7 Å². The fraction of sp³-hybridized carbons (Fsp3) is 0.312. The van der Waals surface area contributed by atoms with Crippen LogP contribution >= 0.6 is 24.0 Å². The van der Waals surface area contributed by atoms with Crippen molar-refractivity contribution in [3.8, 4) is 0 Å². The van der Waals surface area contributed by atoms with Crippen molar-refractivity contribution in [2.45, 2.75) is 19.8 Å². The van der Waals surface area contributed by atoms with Crippen molar-refractivity contribution in [3.63, 3.8) is 0 Å². The molecular weight excluding hydrogens is 364 g/mol. The molecule has 1 aromatic carbocycles. The van der Waals surface area contributed by atoms with E-state index in [0.29, 0.717) is 21.4 Å². The lowest BCUT2D eigenvalue weighted by Crippen LogP contribution is -2.30. The molecule has 9 heteroatoms. The van der Waals surface area contributed by atoms with Crippen LogP contribution in [0.4, 0.5) is 5.69 Å². The standard InChI is InChI=1S/C16H16N2O5S2/c1-2-8-23-14(19)6-7-17-15(20)13(25-16(17)24)10-11-4-3-5-12(9-11)18(21)22/h3-5,9-10H,2,6-8H2,1H3/b13-10-. The number of hydrogen-bond acceptors (Lipinski definition) is 7. The van der Waals surface area contributed by atoms with Crippen LogP contribution in [-0.2, 0) is 14.3 Å². The molecule has 1 saturated heterocycles. The molecule has 0 bridgehead atoms. The molecule has 0 radical (unpaired) electrons. The summed E-state index contributed by atoms with van der Waals surface area (Å²) in [5, 5.41) is 10.8. The summed E-state index contributed by atoms with van der Waals surface area (Å²) in [6.45, 7) is 2.40. The van der Waals surface area contributed by atoms with Gasteiger partial charge in [0.2, 0.25) is 0 Å². The van der Waals surface area contributed by atoms with Crippen LogP contribution in [0.15, 0.2) is 29.2 Å². The zero-order valence-electron chi connectivity index (χ0n) is 13.5. The van der Waals surface area contributed by atoms with Crippen molar-refractivity contribution in [1.82, 2.24) is 4.90 Å². The molecule has 0 aliphatic carbocycles. The van der Waals surface area contributed by atoms with Gasteiger partial charge in [-0.15, -0.1) is 0 Å². The Morgan fingerprint density at radius 1 is 1.48 bits per heavy atom. The molecule has 1 aliphatic rings. The molecule has 7 nitrogen and oxygen atoms in total. The molecule has 0 aromatic heterocycles. The predicted octanol–water partition coefficient (Wildman–Crippen LogP) is 3.14. The molecule has 1 amide bonds. The van der Waals surface area contributed by atoms with E-state index in [1.807, 2.05) is 6.92 Å². The van der Waals surface area contributed by atoms with Crippen LogP contribution in [0.2, 0.25) is 0 Å². The molecule has 0 saturated carbocycles. The van der Waals surface area contributed by atoms with E-state index in [1.165, 1.54) is 17.0 Å². The summed E-state index contributed by atoms with van der Waals surface area (Å²) in [6.07, 6.45) is 2.36. The molecule has 1 heterocycles. The maximum atomic E-state index is 12.4. The summed E-state index contributed by atoms with van der Waals surface area (Å²) in [6, 6.07) is 5.98. The van der Waals surface area contributed by atoms with E-state index < -0.39 is 4.92 Å². The number of thiocarbonyl (C=S) groups is 1. The van der Waals surface area contributed by atoms with Crippen LogP contribution in [0, 0.1) is 10.1 Å². The van der Waals surface area contributed by atoms with Crippen LogP contribution in [0.5, 0.6) is 0 Å². The SMILES string of the molecule is CCCOC(=O)CCN1C(=O)/C(=C/c2cccc([N+](=O)[O-])c2)SC1=S. The Hall–Kier alpha value is -2.26. The van der Waals surface area contributed by atoms with Gasteiger partial charge in [-0.2, -0.15) is 0 Å². The maximum Gasteiger partial charge on any atom is 0.307 e. The second-order valence-corrected chi connectivity index (χ2v) is 6.83. The van der Waals surface area contributed by atoms with Gasteiger partial charge in [-0.3, -0.25) is 24.6 Å². The van der Waals surface area contributed by atoms with E-state index in [4.69, 9.17) is 17.0 Å². The second kappa shape index (κ2) is 8.72. The van der Waals surface area contributed by atoms with E-state index in [1.54, 1.807) is 18.2 Å². The summed E-state index contributed by atoms with van der Waals surface area (Å²) < 4.78 is 5.33. The van der Waals surface area contributed by atoms with Crippen molar-refractivity contribution in [2.75, 3.05) is 13.2 Å². The molecule has 0 spiro atoms. The number of hydrogen-bond donors (Lipinski definition) is 0. The number of non-ortho nitro benzene ring substituents is 1. The number of nitro benzene ring substituents is 1. The van der Waals surface area contributed by atoms with Gasteiger partial charge in [0.25, 0.3) is 11.6 Å². The number of nitro groups is 1. The van der Waals surface area contributed by atoms with E-state index in [2.05, 4.69) is 0 Å². The lowest BCUT2D eigenvalue weighted by atomic mass is 10.2. The molecule has 0 atom stereocenters. The number of nitrogens with zero attached hydrogens (tertiary/aromatic N) is 2. The molecule has 1 aliphatic heterocycles. The van der Waals surface area contributed by atoms with Gasteiger partial charge in [0.15, 0.2) is 0 Å². The highest BCUT2D eigenvalue weighted by molar-refractivity contribution is 8.26. The van der Waals surface area contributed by atoms with Gasteiger partial charge < -0.3 is 4.74 Å². The van der Waals surface area contributed by atoms with Crippen molar-refractivity contribution in [3.05, 3.63) is 44.8 Å². The maximum absolute atomic E-state index is 12.4. The highest BCUT2D eigenvalue weighted by Crippen LogP contribution is 2.33. The number of thioether (sulfide) groups is 1. The number of esters is 1. The van der Waals surface area contributed by atoms with Gasteiger partial charge in [-0.25, -0.2) is 0 Å². The quantitative estimate of drug-likeness (QED) is 0.236. The molecule has 25 heavy (non-hydrogen) atoms. The number of amides is 1. The zero-order chi connectivity index (χ0) is 18.4. The van der Waals surface area contributed by atoms with Crippen LogP contribution in [0.25, 0.3) is 6.08 Å². The van der Waals surface area contributed by atoms with Gasteiger partial charge in [-0.05, 0) is 18.1 Å². The Bertz CT molecular complexity index is 748. The molecule has 1 fully saturated rings. The Kier molecular flexibility index (Phi) is 6.65. The van der Waals surface area contributed by atoms with Gasteiger partial charge in [0.05, 0.1) is 22.9 Å². The molecule has 2 rings (SSSR count). The van der Waals surface area contributed by atoms with E-state index in [9.17, 15) is 19.7 Å². The van der Waals surface area contributed by atoms with Gasteiger partial charge in [0.1, 0.15) is 4.32 Å². The largest absolute Gasteiger partial charge is 0.466 e. The minimum atomic E-state index is -0.496. The Morgan fingerprint density at radius 2 is 2.24 bits per heavy atom. The summed E-state index contributed by atoms with van der Waals surface area (Å²) >= 11 is 6.29. The molecule has 0 unspecified atom stereocenters. The first-order valence-corrected chi connectivity index (χ1v) is 8.80. The summed E-state index contributed by atoms with van der Waals surface area (Å²) in [4.78, 5) is 36.0. The summed E-state index contributed by atoms with van der Waals surface area (Å²) in [5.41, 5.74) is 0.486. The fourth-order valence-electron chi connectivity index (χ4n) is 2.06. The van der Waals surface area contributed by atoms with Crippen molar-refractivity contribution < 1.29 is 19.2 Å². The molecule has 0 N–H and O–H groups in total. The normalized spacial score (nSPS) is 15.7. The lowest BCUT2D eigenvalue weighted by molar-refractivity contribution is -0.384. The number of ether oxygens (including phenoxy) is 1. The third-order valence-electron chi connectivity index (χ3n) is 3.26. The van der Waals surface area contributed by atoms with Crippen molar-refractivity contribution in [2.24, 2.45) is 0 Å². The predicted molar refractivity (Wildman–Crippen MR) is 98.8 cm³/mol. The minimum absolute atomic E-state index is 0.0529. The Balaban J connectivity index is 2.06. The van der Waals surface area contributed by atoms with Crippen molar-refractivity contribution in [1.29, 1.82) is 0 Å². The second-order valence-electron chi connectivity index (χ2n) is 5.16. The van der Waals surface area contributed by atoms with Gasteiger partial charge >= 0.3 is 5.97 Å². The van der Waals surface area contributed by atoms with Crippen molar-refractivity contribution >= 4 is 51.9 Å². The summed E-state index contributed by atoms with van der Waals surface area (Å²) in [5.74, 6) is -0.691. The smallest absolute Gasteiger partial charge is 0.307 e. The van der Waals surface area contributed by atoms with Crippen LogP contribution in [0.1, 0.15) is 25.3 Å². The first kappa shape index (κ1) is 19.1. The first-order valence-electron chi connectivity index (χ1n) is 7.57. The highest BCUT2D eigenvalue weighted by Gasteiger charge is 2.32. The monoisotopic (exact) mass is 380 g/mol. The number of carbonyl (C=O) groups excluding carboxylic acids is 2. The Labute approximate surface area is 154 Å². The lowest BCUT2D eigenvalue weighted by Gasteiger charge is -2.13. The average Bonchev–Trinajstić information content (AvgIpc) is 2.85. The van der Waals surface area contributed by atoms with E-state index >= 15 is 0 Å². The molecular formula is C16H16N2O5S2. The number of rotatable bonds is 7.